The molecule has 0 saturated heterocycles. The van der Waals surface area contributed by atoms with Crippen LogP contribution in [0.2, 0.25) is 0 Å². The largest absolute Gasteiger partial charge is 0.497 e. The first kappa shape index (κ1) is 19.6. The number of amides is 1. The Hall–Kier alpha value is -2.70. The van der Waals surface area contributed by atoms with Crippen LogP contribution in [0.25, 0.3) is 0 Å². The minimum atomic E-state index is -4.44. The number of methoxy groups -OCH3 is 1. The Morgan fingerprint density at radius 2 is 1.81 bits per heavy atom. The van der Waals surface area contributed by atoms with E-state index < -0.39 is 17.6 Å². The zero-order valence-corrected chi connectivity index (χ0v) is 14.5. The van der Waals surface area contributed by atoms with E-state index in [4.69, 9.17) is 9.47 Å². The zero-order chi connectivity index (χ0) is 19.2. The summed E-state index contributed by atoms with van der Waals surface area (Å²) in [5.74, 6) is 0.461. The predicted molar refractivity (Wildman–Crippen MR) is 92.8 cm³/mol. The van der Waals surface area contributed by atoms with E-state index in [2.05, 4.69) is 5.32 Å². The Kier molecular flexibility index (Phi) is 6.49. The van der Waals surface area contributed by atoms with Crippen LogP contribution in [0, 0.1) is 0 Å². The van der Waals surface area contributed by atoms with Crippen LogP contribution < -0.4 is 14.8 Å². The van der Waals surface area contributed by atoms with Gasteiger partial charge in [0.2, 0.25) is 0 Å². The van der Waals surface area contributed by atoms with Crippen molar-refractivity contribution in [3.63, 3.8) is 0 Å². The first-order valence-electron chi connectivity index (χ1n) is 8.14. The van der Waals surface area contributed by atoms with E-state index in [1.807, 2.05) is 6.92 Å². The Labute approximate surface area is 149 Å². The highest BCUT2D eigenvalue weighted by Gasteiger charge is 2.30. The number of anilines is 1. The summed E-state index contributed by atoms with van der Waals surface area (Å²) in [4.78, 5) is 12.4. The van der Waals surface area contributed by atoms with E-state index in [9.17, 15) is 18.0 Å². The summed E-state index contributed by atoms with van der Waals surface area (Å²) in [6.07, 6.45) is -2.62. The molecule has 0 bridgehead atoms. The van der Waals surface area contributed by atoms with Crippen LogP contribution in [-0.4, -0.2) is 19.6 Å². The van der Waals surface area contributed by atoms with Crippen molar-refractivity contribution in [3.8, 4) is 11.5 Å². The summed E-state index contributed by atoms with van der Waals surface area (Å²) in [5, 5.41) is 2.66. The van der Waals surface area contributed by atoms with Crippen molar-refractivity contribution >= 4 is 11.6 Å². The van der Waals surface area contributed by atoms with E-state index in [1.165, 1.54) is 7.11 Å². The molecule has 0 heterocycles. The van der Waals surface area contributed by atoms with Crippen molar-refractivity contribution in [3.05, 3.63) is 53.6 Å². The Morgan fingerprint density at radius 1 is 1.12 bits per heavy atom. The highest BCUT2D eigenvalue weighted by molar-refractivity contribution is 6.05. The summed E-state index contributed by atoms with van der Waals surface area (Å²) >= 11 is 0. The molecule has 0 aromatic heterocycles. The Bertz CT molecular complexity index is 743. The topological polar surface area (TPSA) is 47.6 Å². The van der Waals surface area contributed by atoms with E-state index in [0.717, 1.165) is 37.1 Å². The first-order chi connectivity index (χ1) is 12.3. The minimum Gasteiger partial charge on any atom is -0.497 e. The smallest absolute Gasteiger partial charge is 0.416 e. The lowest BCUT2D eigenvalue weighted by atomic mass is 10.1. The fourth-order valence-corrected chi connectivity index (χ4v) is 2.19. The molecule has 26 heavy (non-hydrogen) atoms. The third-order valence-corrected chi connectivity index (χ3v) is 3.66. The summed E-state index contributed by atoms with van der Waals surface area (Å²) < 4.78 is 48.7. The number of nitrogens with one attached hydrogen (secondary N) is 1. The molecule has 0 saturated carbocycles. The minimum absolute atomic E-state index is 0.111. The number of unbranched alkanes of at least 4 members (excludes halogenated alkanes) is 1. The van der Waals surface area contributed by atoms with Crippen LogP contribution in [0.3, 0.4) is 0 Å². The van der Waals surface area contributed by atoms with Crippen molar-refractivity contribution in [1.82, 2.24) is 0 Å². The molecule has 0 atom stereocenters. The maximum atomic E-state index is 12.6. The van der Waals surface area contributed by atoms with Crippen LogP contribution in [0.1, 0.15) is 35.7 Å². The van der Waals surface area contributed by atoms with Gasteiger partial charge < -0.3 is 14.8 Å². The van der Waals surface area contributed by atoms with E-state index in [1.54, 1.807) is 18.2 Å². The molecular weight excluding hydrogens is 347 g/mol. The molecule has 0 unspecified atom stereocenters. The van der Waals surface area contributed by atoms with Gasteiger partial charge in [-0.3, -0.25) is 4.79 Å². The van der Waals surface area contributed by atoms with Gasteiger partial charge in [0.05, 0.1) is 25.0 Å². The summed E-state index contributed by atoms with van der Waals surface area (Å²) in [7, 11) is 1.49. The fraction of sp³-hybridized carbons (Fsp3) is 0.316. The molecule has 7 heteroatoms. The zero-order valence-electron chi connectivity index (χ0n) is 14.5. The van der Waals surface area contributed by atoms with Gasteiger partial charge in [-0.05, 0) is 42.8 Å². The standard InChI is InChI=1S/C19H20F3NO3/c1-3-4-11-26-17-10-9-15(25-2)12-16(17)23-18(24)13-5-7-14(8-6-13)19(20,21)22/h5-10,12H,3-4,11H2,1-2H3,(H,23,24). The average molecular weight is 367 g/mol. The first-order valence-corrected chi connectivity index (χ1v) is 8.14. The highest BCUT2D eigenvalue weighted by atomic mass is 19.4. The summed E-state index contributed by atoms with van der Waals surface area (Å²) in [6.45, 7) is 2.52. The SMILES string of the molecule is CCCCOc1ccc(OC)cc1NC(=O)c1ccc(C(F)(F)F)cc1. The molecule has 4 nitrogen and oxygen atoms in total. The van der Waals surface area contributed by atoms with Gasteiger partial charge in [-0.15, -0.1) is 0 Å². The Balaban J connectivity index is 2.18. The van der Waals surface area contributed by atoms with Gasteiger partial charge in [-0.2, -0.15) is 13.2 Å². The lowest BCUT2D eigenvalue weighted by molar-refractivity contribution is -0.137. The normalized spacial score (nSPS) is 11.1. The van der Waals surface area contributed by atoms with Crippen molar-refractivity contribution in [2.24, 2.45) is 0 Å². The average Bonchev–Trinajstić information content (AvgIpc) is 2.62. The number of carbonyl (C=O) groups excluding carboxylic acids is 1. The van der Waals surface area contributed by atoms with Crippen molar-refractivity contribution in [1.29, 1.82) is 0 Å². The van der Waals surface area contributed by atoms with Gasteiger partial charge in [-0.1, -0.05) is 13.3 Å². The quantitative estimate of drug-likeness (QED) is 0.689. The van der Waals surface area contributed by atoms with Crippen LogP contribution in [0.15, 0.2) is 42.5 Å². The van der Waals surface area contributed by atoms with Gasteiger partial charge >= 0.3 is 6.18 Å². The maximum Gasteiger partial charge on any atom is 0.416 e. The van der Waals surface area contributed by atoms with Gasteiger partial charge in [0.15, 0.2) is 0 Å². The molecule has 2 aromatic rings. The van der Waals surface area contributed by atoms with E-state index in [-0.39, 0.29) is 5.56 Å². The number of benzene rings is 2. The third-order valence-electron chi connectivity index (χ3n) is 3.66. The van der Waals surface area contributed by atoms with Crippen LogP contribution >= 0.6 is 0 Å². The molecule has 1 N–H and O–H groups in total. The fourth-order valence-electron chi connectivity index (χ4n) is 2.19. The van der Waals surface area contributed by atoms with Gasteiger partial charge in [0.1, 0.15) is 11.5 Å². The van der Waals surface area contributed by atoms with Crippen molar-refractivity contribution in [2.45, 2.75) is 25.9 Å². The summed E-state index contributed by atoms with van der Waals surface area (Å²) in [6, 6.07) is 9.00. The lowest BCUT2D eigenvalue weighted by Crippen LogP contribution is -2.14. The molecule has 140 valence electrons. The molecule has 1 amide bonds. The number of halogens is 3. The van der Waals surface area contributed by atoms with Crippen molar-refractivity contribution in [2.75, 3.05) is 19.0 Å². The predicted octanol–water partition coefficient (Wildman–Crippen LogP) is 5.15. The molecule has 0 radical (unpaired) electrons. The molecule has 0 fully saturated rings. The van der Waals surface area contributed by atoms with Gasteiger partial charge in [0, 0.05) is 11.6 Å². The van der Waals surface area contributed by atoms with E-state index in [0.29, 0.717) is 23.8 Å². The van der Waals surface area contributed by atoms with Crippen LogP contribution in [-0.2, 0) is 6.18 Å². The van der Waals surface area contributed by atoms with Crippen LogP contribution in [0.4, 0.5) is 18.9 Å². The van der Waals surface area contributed by atoms with Crippen LogP contribution in [0.5, 0.6) is 11.5 Å². The molecule has 2 aromatic carbocycles. The second kappa shape index (κ2) is 8.60. The second-order valence-corrected chi connectivity index (χ2v) is 5.59. The molecule has 0 aliphatic heterocycles. The lowest BCUT2D eigenvalue weighted by Gasteiger charge is -2.14. The monoisotopic (exact) mass is 367 g/mol. The number of hydrogen-bond acceptors (Lipinski definition) is 3. The number of ether oxygens (including phenoxy) is 2. The maximum absolute atomic E-state index is 12.6. The molecule has 0 aliphatic rings. The number of carbonyl (C=O) groups is 1. The van der Waals surface area contributed by atoms with E-state index >= 15 is 0 Å². The highest BCUT2D eigenvalue weighted by Crippen LogP contribution is 2.31. The van der Waals surface area contributed by atoms with Crippen molar-refractivity contribution < 1.29 is 27.4 Å². The molecular formula is C19H20F3NO3. The Morgan fingerprint density at radius 3 is 2.38 bits per heavy atom. The molecule has 0 aliphatic carbocycles. The number of alkyl halides is 3. The van der Waals surface area contributed by atoms with Gasteiger partial charge in [0.25, 0.3) is 5.91 Å². The second-order valence-electron chi connectivity index (χ2n) is 5.59. The van der Waals surface area contributed by atoms with Gasteiger partial charge in [-0.25, -0.2) is 0 Å². The third kappa shape index (κ3) is 5.15. The molecule has 2 rings (SSSR count). The molecule has 0 spiro atoms. The number of hydrogen-bond donors (Lipinski definition) is 1. The number of rotatable bonds is 7. The summed E-state index contributed by atoms with van der Waals surface area (Å²) in [5.41, 5.74) is -0.301.